The Balaban J connectivity index is 3.21. The third kappa shape index (κ3) is 4.74. The van der Waals surface area contributed by atoms with Crippen molar-refractivity contribution < 1.29 is 28.2 Å². The summed E-state index contributed by atoms with van der Waals surface area (Å²) >= 11 is 0. The molecular formula is C16H17F2NO4. The van der Waals surface area contributed by atoms with E-state index in [0.29, 0.717) is 6.42 Å². The van der Waals surface area contributed by atoms with Crippen LogP contribution in [0.25, 0.3) is 0 Å². The van der Waals surface area contributed by atoms with Crippen LogP contribution in [0, 0.1) is 23.0 Å². The molecule has 0 aliphatic heterocycles. The number of nitriles is 1. The Labute approximate surface area is 132 Å². The van der Waals surface area contributed by atoms with Gasteiger partial charge in [-0.2, -0.15) is 5.26 Å². The number of carbonyl (C=O) groups is 2. The van der Waals surface area contributed by atoms with E-state index in [1.54, 1.807) is 19.9 Å². The van der Waals surface area contributed by atoms with Crippen molar-refractivity contribution in [1.82, 2.24) is 0 Å². The molecule has 0 aliphatic rings. The summed E-state index contributed by atoms with van der Waals surface area (Å²) in [5.74, 6) is -4.46. The Morgan fingerprint density at radius 2 is 2.00 bits per heavy atom. The first-order valence-corrected chi connectivity index (χ1v) is 7.02. The lowest BCUT2D eigenvalue weighted by Crippen LogP contribution is -2.32. The van der Waals surface area contributed by atoms with Gasteiger partial charge < -0.3 is 9.84 Å². The van der Waals surface area contributed by atoms with Crippen LogP contribution >= 0.6 is 0 Å². The number of rotatable bonds is 7. The first kappa shape index (κ1) is 18.6. The zero-order chi connectivity index (χ0) is 17.6. The molecule has 1 aromatic carbocycles. The van der Waals surface area contributed by atoms with Gasteiger partial charge in [0.25, 0.3) is 0 Å². The minimum absolute atomic E-state index is 0.0811. The third-order valence-electron chi connectivity index (χ3n) is 3.49. The molecule has 0 aliphatic carbocycles. The van der Waals surface area contributed by atoms with Crippen molar-refractivity contribution in [2.75, 3.05) is 0 Å². The lowest BCUT2D eigenvalue weighted by Gasteiger charge is -2.25. The Morgan fingerprint density at radius 1 is 1.35 bits per heavy atom. The fourth-order valence-electron chi connectivity index (χ4n) is 2.06. The Hall–Kier alpha value is -2.49. The summed E-state index contributed by atoms with van der Waals surface area (Å²) in [5.41, 5.74) is -1.91. The number of carbonyl (C=O) groups excluding carboxylic acids is 1. The van der Waals surface area contributed by atoms with Crippen molar-refractivity contribution in [3.8, 4) is 6.07 Å². The number of halogens is 2. The quantitative estimate of drug-likeness (QED) is 0.779. The lowest BCUT2D eigenvalue weighted by atomic mass is 9.76. The summed E-state index contributed by atoms with van der Waals surface area (Å²) in [6.45, 7) is 3.45. The SMILES string of the molecule is CCC(C)OC(=O)CC(C#N)(CC(=O)O)c1ccc(F)c(F)c1. The van der Waals surface area contributed by atoms with Gasteiger partial charge in [0.15, 0.2) is 11.6 Å². The maximum absolute atomic E-state index is 13.4. The molecule has 0 fully saturated rings. The highest BCUT2D eigenvalue weighted by Crippen LogP contribution is 2.33. The van der Waals surface area contributed by atoms with Crippen LogP contribution in [0.3, 0.4) is 0 Å². The van der Waals surface area contributed by atoms with E-state index in [9.17, 15) is 23.6 Å². The molecule has 2 unspecified atom stereocenters. The summed E-state index contributed by atoms with van der Waals surface area (Å²) < 4.78 is 31.6. The van der Waals surface area contributed by atoms with Gasteiger partial charge in [0.1, 0.15) is 5.41 Å². The van der Waals surface area contributed by atoms with Crippen LogP contribution < -0.4 is 0 Å². The van der Waals surface area contributed by atoms with Gasteiger partial charge in [-0.1, -0.05) is 13.0 Å². The maximum atomic E-state index is 13.4. The van der Waals surface area contributed by atoms with Crippen LogP contribution in [-0.4, -0.2) is 23.1 Å². The van der Waals surface area contributed by atoms with E-state index in [1.807, 2.05) is 0 Å². The number of carboxylic acid groups (broad SMARTS) is 1. The molecule has 2 atom stereocenters. The Kier molecular flexibility index (Phi) is 6.19. The van der Waals surface area contributed by atoms with E-state index in [2.05, 4.69) is 0 Å². The molecule has 1 rings (SSSR count). The summed E-state index contributed by atoms with van der Waals surface area (Å²) in [7, 11) is 0. The monoisotopic (exact) mass is 325 g/mol. The molecule has 7 heteroatoms. The number of aliphatic carboxylic acids is 1. The molecule has 0 radical (unpaired) electrons. The van der Waals surface area contributed by atoms with Gasteiger partial charge in [-0.25, -0.2) is 8.78 Å². The number of hydrogen-bond acceptors (Lipinski definition) is 4. The molecular weight excluding hydrogens is 308 g/mol. The number of hydrogen-bond donors (Lipinski definition) is 1. The van der Waals surface area contributed by atoms with Crippen molar-refractivity contribution in [2.45, 2.75) is 44.6 Å². The van der Waals surface area contributed by atoms with E-state index in [-0.39, 0.29) is 5.56 Å². The smallest absolute Gasteiger partial charge is 0.308 e. The molecule has 0 aromatic heterocycles. The van der Waals surface area contributed by atoms with E-state index < -0.39 is 47.9 Å². The van der Waals surface area contributed by atoms with E-state index in [1.165, 1.54) is 0 Å². The molecule has 5 nitrogen and oxygen atoms in total. The average molecular weight is 325 g/mol. The van der Waals surface area contributed by atoms with Gasteiger partial charge in [0.05, 0.1) is 25.0 Å². The Morgan fingerprint density at radius 3 is 2.48 bits per heavy atom. The lowest BCUT2D eigenvalue weighted by molar-refractivity contribution is -0.149. The molecule has 1 aromatic rings. The highest BCUT2D eigenvalue weighted by molar-refractivity contribution is 5.77. The van der Waals surface area contributed by atoms with E-state index >= 15 is 0 Å². The normalized spacial score (nSPS) is 14.4. The van der Waals surface area contributed by atoms with Gasteiger partial charge in [-0.3, -0.25) is 9.59 Å². The molecule has 0 bridgehead atoms. The maximum Gasteiger partial charge on any atom is 0.308 e. The number of esters is 1. The van der Waals surface area contributed by atoms with Gasteiger partial charge in [0, 0.05) is 0 Å². The summed E-state index contributed by atoms with van der Waals surface area (Å²) in [6.07, 6.45) is -1.14. The van der Waals surface area contributed by atoms with E-state index in [4.69, 9.17) is 9.84 Å². The van der Waals surface area contributed by atoms with Crippen LogP contribution in [0.1, 0.15) is 38.7 Å². The summed E-state index contributed by atoms with van der Waals surface area (Å²) in [6, 6.07) is 4.38. The molecule has 0 heterocycles. The van der Waals surface area contributed by atoms with Crippen LogP contribution in [0.15, 0.2) is 18.2 Å². The second-order valence-corrected chi connectivity index (χ2v) is 5.28. The largest absolute Gasteiger partial charge is 0.481 e. The predicted molar refractivity (Wildman–Crippen MR) is 76.4 cm³/mol. The van der Waals surface area contributed by atoms with Crippen molar-refractivity contribution in [2.24, 2.45) is 0 Å². The van der Waals surface area contributed by atoms with Crippen molar-refractivity contribution in [3.05, 3.63) is 35.4 Å². The molecule has 0 spiro atoms. The molecule has 0 saturated heterocycles. The zero-order valence-electron chi connectivity index (χ0n) is 12.8. The minimum Gasteiger partial charge on any atom is -0.481 e. The van der Waals surface area contributed by atoms with Gasteiger partial charge in [-0.05, 0) is 31.0 Å². The second kappa shape index (κ2) is 7.68. The van der Waals surface area contributed by atoms with Gasteiger partial charge >= 0.3 is 11.9 Å². The number of benzene rings is 1. The van der Waals surface area contributed by atoms with E-state index in [0.717, 1.165) is 18.2 Å². The standard InChI is InChI=1S/C16H17F2NO4/c1-3-10(2)23-15(22)8-16(9-19,7-14(20)21)11-4-5-12(17)13(18)6-11/h4-6,10H,3,7-8H2,1-2H3,(H,20,21). The first-order valence-electron chi connectivity index (χ1n) is 7.02. The molecule has 0 saturated carbocycles. The van der Waals surface area contributed by atoms with Crippen molar-refractivity contribution in [1.29, 1.82) is 5.26 Å². The van der Waals surface area contributed by atoms with Crippen molar-refractivity contribution >= 4 is 11.9 Å². The number of nitrogens with zero attached hydrogens (tertiary/aromatic N) is 1. The predicted octanol–water partition coefficient (Wildman–Crippen LogP) is 2.93. The fraction of sp³-hybridized carbons (Fsp3) is 0.438. The highest BCUT2D eigenvalue weighted by Gasteiger charge is 2.39. The average Bonchev–Trinajstić information content (AvgIpc) is 2.48. The molecule has 0 amide bonds. The van der Waals surface area contributed by atoms with Gasteiger partial charge in [-0.15, -0.1) is 0 Å². The van der Waals surface area contributed by atoms with Crippen LogP contribution in [0.4, 0.5) is 8.78 Å². The second-order valence-electron chi connectivity index (χ2n) is 5.28. The molecule has 23 heavy (non-hydrogen) atoms. The summed E-state index contributed by atoms with van der Waals surface area (Å²) in [4.78, 5) is 23.0. The van der Waals surface area contributed by atoms with Crippen molar-refractivity contribution in [3.63, 3.8) is 0 Å². The highest BCUT2D eigenvalue weighted by atomic mass is 19.2. The van der Waals surface area contributed by atoms with Crippen LogP contribution in [-0.2, 0) is 19.7 Å². The third-order valence-corrected chi connectivity index (χ3v) is 3.49. The Bertz CT molecular complexity index is 641. The van der Waals surface area contributed by atoms with Gasteiger partial charge in [0.2, 0.25) is 0 Å². The molecule has 1 N–H and O–H groups in total. The number of ether oxygens (including phenoxy) is 1. The zero-order valence-corrected chi connectivity index (χ0v) is 12.8. The summed E-state index contributed by atoms with van der Waals surface area (Å²) in [5, 5.41) is 18.5. The topological polar surface area (TPSA) is 87.4 Å². The molecule has 124 valence electrons. The number of carboxylic acids is 1. The van der Waals surface area contributed by atoms with Crippen LogP contribution in [0.2, 0.25) is 0 Å². The minimum atomic E-state index is -1.83. The fourth-order valence-corrected chi connectivity index (χ4v) is 2.06. The first-order chi connectivity index (χ1) is 10.7. The van der Waals surface area contributed by atoms with Crippen LogP contribution in [0.5, 0.6) is 0 Å².